The van der Waals surface area contributed by atoms with Gasteiger partial charge in [-0.2, -0.15) is 0 Å². The van der Waals surface area contributed by atoms with Crippen LogP contribution in [0, 0.1) is 6.92 Å². The van der Waals surface area contributed by atoms with Crippen molar-refractivity contribution < 1.29 is 4.79 Å². The minimum Gasteiger partial charge on any atom is -0.377 e. The van der Waals surface area contributed by atoms with E-state index >= 15 is 0 Å². The minimum absolute atomic E-state index is 0.173. The van der Waals surface area contributed by atoms with Gasteiger partial charge in [-0.1, -0.05) is 18.2 Å². The Bertz CT molecular complexity index is 593. The van der Waals surface area contributed by atoms with Crippen LogP contribution in [-0.4, -0.2) is 25.6 Å². The Hall–Kier alpha value is -1.74. The van der Waals surface area contributed by atoms with Gasteiger partial charge in [0, 0.05) is 30.2 Å². The summed E-state index contributed by atoms with van der Waals surface area (Å²) >= 11 is 1.58. The summed E-state index contributed by atoms with van der Waals surface area (Å²) < 4.78 is 0. The molecular formula is C17H19NOS. The van der Waals surface area contributed by atoms with E-state index in [1.807, 2.05) is 69.6 Å². The standard InChI is InChI=1S/C17H19NOS/c1-13-11-14(9-10-16(13)18(2)3)17(19)12-20-15-7-5-4-6-8-15/h4-11H,12H2,1-3H3. The molecule has 0 amide bonds. The van der Waals surface area contributed by atoms with Crippen LogP contribution >= 0.6 is 11.8 Å². The Morgan fingerprint density at radius 2 is 1.80 bits per heavy atom. The van der Waals surface area contributed by atoms with E-state index < -0.39 is 0 Å². The maximum atomic E-state index is 12.2. The molecule has 0 saturated heterocycles. The van der Waals surface area contributed by atoms with Gasteiger partial charge in [0.25, 0.3) is 0 Å². The first kappa shape index (κ1) is 14.7. The van der Waals surface area contributed by atoms with Gasteiger partial charge in [-0.05, 0) is 42.8 Å². The number of hydrogen-bond acceptors (Lipinski definition) is 3. The summed E-state index contributed by atoms with van der Waals surface area (Å²) in [7, 11) is 4.02. The highest BCUT2D eigenvalue weighted by molar-refractivity contribution is 8.00. The zero-order valence-corrected chi connectivity index (χ0v) is 12.9. The topological polar surface area (TPSA) is 20.3 Å². The average molecular weight is 285 g/mol. The van der Waals surface area contributed by atoms with Gasteiger partial charge in [0.1, 0.15) is 0 Å². The molecule has 0 radical (unpaired) electrons. The Balaban J connectivity index is 2.04. The third kappa shape index (κ3) is 3.64. The molecular weight excluding hydrogens is 266 g/mol. The molecule has 0 heterocycles. The summed E-state index contributed by atoms with van der Waals surface area (Å²) in [6.07, 6.45) is 0. The smallest absolute Gasteiger partial charge is 0.173 e. The third-order valence-electron chi connectivity index (χ3n) is 3.11. The van der Waals surface area contributed by atoms with Crippen LogP contribution in [0.3, 0.4) is 0 Å². The average Bonchev–Trinajstić information content (AvgIpc) is 2.45. The molecule has 2 rings (SSSR count). The van der Waals surface area contributed by atoms with E-state index in [9.17, 15) is 4.79 Å². The summed E-state index contributed by atoms with van der Waals surface area (Å²) in [5.41, 5.74) is 3.07. The molecule has 0 aliphatic rings. The van der Waals surface area contributed by atoms with E-state index in [1.165, 1.54) is 0 Å². The quantitative estimate of drug-likeness (QED) is 0.611. The first-order chi connectivity index (χ1) is 9.58. The Kier molecular flexibility index (Phi) is 4.85. The van der Waals surface area contributed by atoms with Gasteiger partial charge in [-0.15, -0.1) is 11.8 Å². The lowest BCUT2D eigenvalue weighted by molar-refractivity contribution is 0.102. The van der Waals surface area contributed by atoms with Crippen LogP contribution in [0.4, 0.5) is 5.69 Å². The van der Waals surface area contributed by atoms with E-state index in [0.29, 0.717) is 5.75 Å². The van der Waals surface area contributed by atoms with Crippen molar-refractivity contribution in [1.82, 2.24) is 0 Å². The molecule has 0 fully saturated rings. The van der Waals surface area contributed by atoms with Crippen LogP contribution in [-0.2, 0) is 0 Å². The number of anilines is 1. The number of benzene rings is 2. The largest absolute Gasteiger partial charge is 0.377 e. The maximum Gasteiger partial charge on any atom is 0.173 e. The Morgan fingerprint density at radius 1 is 1.10 bits per heavy atom. The first-order valence-corrected chi connectivity index (χ1v) is 7.55. The summed E-state index contributed by atoms with van der Waals surface area (Å²) in [4.78, 5) is 15.4. The van der Waals surface area contributed by atoms with E-state index in [2.05, 4.69) is 4.90 Å². The van der Waals surface area contributed by atoms with Crippen molar-refractivity contribution in [3.05, 3.63) is 59.7 Å². The Labute approximate surface area is 124 Å². The number of carbonyl (C=O) groups is 1. The second-order valence-electron chi connectivity index (χ2n) is 4.92. The number of ketones is 1. The summed E-state index contributed by atoms with van der Waals surface area (Å²) in [5.74, 6) is 0.650. The summed E-state index contributed by atoms with van der Waals surface area (Å²) in [5, 5.41) is 0. The first-order valence-electron chi connectivity index (χ1n) is 6.57. The van der Waals surface area contributed by atoms with Crippen LogP contribution < -0.4 is 4.90 Å². The van der Waals surface area contributed by atoms with E-state index in [1.54, 1.807) is 11.8 Å². The van der Waals surface area contributed by atoms with Gasteiger partial charge in [0.2, 0.25) is 0 Å². The molecule has 0 aliphatic heterocycles. The van der Waals surface area contributed by atoms with Gasteiger partial charge in [0.15, 0.2) is 5.78 Å². The molecule has 3 heteroatoms. The van der Waals surface area contributed by atoms with Crippen LogP contribution in [0.15, 0.2) is 53.4 Å². The zero-order valence-electron chi connectivity index (χ0n) is 12.1. The fraction of sp³-hybridized carbons (Fsp3) is 0.235. The highest BCUT2D eigenvalue weighted by atomic mass is 32.2. The van der Waals surface area contributed by atoms with Crippen LogP contribution in [0.5, 0.6) is 0 Å². The number of aryl methyl sites for hydroxylation is 1. The Morgan fingerprint density at radius 3 is 2.40 bits per heavy atom. The highest BCUT2D eigenvalue weighted by Crippen LogP contribution is 2.22. The van der Waals surface area contributed by atoms with Crippen molar-refractivity contribution in [3.8, 4) is 0 Å². The monoisotopic (exact) mass is 285 g/mol. The molecule has 0 atom stereocenters. The highest BCUT2D eigenvalue weighted by Gasteiger charge is 2.09. The van der Waals surface area contributed by atoms with Crippen molar-refractivity contribution in [2.24, 2.45) is 0 Å². The molecule has 0 aliphatic carbocycles. The number of rotatable bonds is 5. The molecule has 0 spiro atoms. The predicted octanol–water partition coefficient (Wildman–Crippen LogP) is 4.04. The van der Waals surface area contributed by atoms with Crippen molar-refractivity contribution in [1.29, 1.82) is 0 Å². The van der Waals surface area contributed by atoms with Crippen molar-refractivity contribution in [3.63, 3.8) is 0 Å². The van der Waals surface area contributed by atoms with Gasteiger partial charge in [-0.3, -0.25) is 4.79 Å². The number of thioether (sulfide) groups is 1. The van der Waals surface area contributed by atoms with Gasteiger partial charge in [0.05, 0.1) is 5.75 Å². The van der Waals surface area contributed by atoms with Crippen LogP contribution in [0.25, 0.3) is 0 Å². The van der Waals surface area contributed by atoms with E-state index in [4.69, 9.17) is 0 Å². The van der Waals surface area contributed by atoms with Crippen molar-refractivity contribution >= 4 is 23.2 Å². The van der Waals surface area contributed by atoms with E-state index in [0.717, 1.165) is 21.7 Å². The van der Waals surface area contributed by atoms with Crippen LogP contribution in [0.1, 0.15) is 15.9 Å². The predicted molar refractivity (Wildman–Crippen MR) is 87.0 cm³/mol. The number of Topliss-reactive ketones (excluding diaryl/α,β-unsaturated/α-hetero) is 1. The lowest BCUT2D eigenvalue weighted by Crippen LogP contribution is -2.11. The molecule has 0 aromatic heterocycles. The molecule has 2 aromatic rings. The van der Waals surface area contributed by atoms with Gasteiger partial charge >= 0.3 is 0 Å². The van der Waals surface area contributed by atoms with Crippen molar-refractivity contribution in [2.45, 2.75) is 11.8 Å². The van der Waals surface area contributed by atoms with Gasteiger partial charge < -0.3 is 4.90 Å². The van der Waals surface area contributed by atoms with E-state index in [-0.39, 0.29) is 5.78 Å². The molecule has 0 bridgehead atoms. The SMILES string of the molecule is Cc1cc(C(=O)CSc2ccccc2)ccc1N(C)C. The fourth-order valence-corrected chi connectivity index (χ4v) is 2.89. The lowest BCUT2D eigenvalue weighted by atomic mass is 10.1. The normalized spacial score (nSPS) is 10.3. The minimum atomic E-state index is 0.173. The summed E-state index contributed by atoms with van der Waals surface area (Å²) in [6, 6.07) is 15.9. The zero-order chi connectivity index (χ0) is 14.5. The second kappa shape index (κ2) is 6.62. The molecule has 0 saturated carbocycles. The molecule has 2 aromatic carbocycles. The second-order valence-corrected chi connectivity index (χ2v) is 5.97. The molecule has 2 nitrogen and oxygen atoms in total. The summed E-state index contributed by atoms with van der Waals surface area (Å²) in [6.45, 7) is 2.04. The molecule has 0 unspecified atom stereocenters. The third-order valence-corrected chi connectivity index (χ3v) is 4.13. The number of nitrogens with zero attached hydrogens (tertiary/aromatic N) is 1. The lowest BCUT2D eigenvalue weighted by Gasteiger charge is -2.16. The molecule has 0 N–H and O–H groups in total. The van der Waals surface area contributed by atoms with Crippen molar-refractivity contribution in [2.75, 3.05) is 24.7 Å². The molecule has 104 valence electrons. The van der Waals surface area contributed by atoms with Gasteiger partial charge in [-0.25, -0.2) is 0 Å². The molecule has 20 heavy (non-hydrogen) atoms. The maximum absolute atomic E-state index is 12.2. The van der Waals surface area contributed by atoms with Crippen LogP contribution in [0.2, 0.25) is 0 Å². The number of carbonyl (C=O) groups excluding carboxylic acids is 1. The fourth-order valence-electron chi connectivity index (χ4n) is 2.08. The number of hydrogen-bond donors (Lipinski definition) is 0.